The fourth-order valence-corrected chi connectivity index (χ4v) is 3.12. The third-order valence-corrected chi connectivity index (χ3v) is 4.52. The Morgan fingerprint density at radius 1 is 1.39 bits per heavy atom. The maximum Gasteiger partial charge on any atom is 0.223 e. The van der Waals surface area contributed by atoms with Gasteiger partial charge in [-0.2, -0.15) is 5.10 Å². The van der Waals surface area contributed by atoms with Crippen molar-refractivity contribution >= 4 is 5.91 Å². The van der Waals surface area contributed by atoms with Crippen LogP contribution in [0, 0.1) is 5.92 Å². The predicted molar refractivity (Wildman–Crippen MR) is 90.3 cm³/mol. The molecule has 1 unspecified atom stereocenters. The van der Waals surface area contributed by atoms with Crippen LogP contribution in [0.1, 0.15) is 38.3 Å². The first kappa shape index (κ1) is 15.7. The van der Waals surface area contributed by atoms with Crippen LogP contribution >= 0.6 is 0 Å². The van der Waals surface area contributed by atoms with Crippen LogP contribution in [0.3, 0.4) is 0 Å². The lowest BCUT2D eigenvalue weighted by atomic mass is 9.92. The number of amides is 1. The highest BCUT2D eigenvalue weighted by Crippen LogP contribution is 2.20. The van der Waals surface area contributed by atoms with Gasteiger partial charge in [-0.15, -0.1) is 0 Å². The number of piperidine rings is 1. The molecule has 3 atom stereocenters. The minimum Gasteiger partial charge on any atom is -0.349 e. The Labute approximate surface area is 137 Å². The lowest BCUT2D eigenvalue weighted by Gasteiger charge is -2.28. The molecule has 2 heterocycles. The highest BCUT2D eigenvalue weighted by atomic mass is 16.1. The van der Waals surface area contributed by atoms with Gasteiger partial charge >= 0.3 is 0 Å². The van der Waals surface area contributed by atoms with Gasteiger partial charge in [-0.3, -0.25) is 4.79 Å². The average Bonchev–Trinajstić information content (AvgIpc) is 3.09. The van der Waals surface area contributed by atoms with Crippen LogP contribution in [-0.4, -0.2) is 28.3 Å². The Bertz CT molecular complexity index is 636. The van der Waals surface area contributed by atoms with Crippen LogP contribution in [0.15, 0.2) is 42.7 Å². The van der Waals surface area contributed by atoms with E-state index in [-0.39, 0.29) is 17.9 Å². The fraction of sp³-hybridized carbons (Fsp3) is 0.444. The van der Waals surface area contributed by atoms with Gasteiger partial charge in [0.25, 0.3) is 0 Å². The highest BCUT2D eigenvalue weighted by Gasteiger charge is 2.25. The van der Waals surface area contributed by atoms with Crippen LogP contribution < -0.4 is 10.6 Å². The van der Waals surface area contributed by atoms with E-state index >= 15 is 0 Å². The summed E-state index contributed by atoms with van der Waals surface area (Å²) in [4.78, 5) is 12.4. The number of benzene rings is 1. The summed E-state index contributed by atoms with van der Waals surface area (Å²) >= 11 is 0. The molecule has 0 aliphatic carbocycles. The van der Waals surface area contributed by atoms with E-state index in [4.69, 9.17) is 0 Å². The van der Waals surface area contributed by atoms with Gasteiger partial charge in [0.2, 0.25) is 5.91 Å². The van der Waals surface area contributed by atoms with Crippen molar-refractivity contribution in [2.45, 2.75) is 38.8 Å². The Hall–Kier alpha value is -2.14. The number of nitrogens with zero attached hydrogens (tertiary/aromatic N) is 2. The molecule has 0 spiro atoms. The molecule has 5 nitrogen and oxygen atoms in total. The standard InChI is InChI=1S/C18H24N4O/c1-13-12-16(8-10-19-13)18(23)21-14(2)15-4-6-17(7-5-15)22-11-3-9-20-22/h3-7,9,11,13-14,16,19H,8,10,12H2,1-2H3,(H,21,23)/t13-,14?,16-/m0/s1. The van der Waals surface area contributed by atoms with Gasteiger partial charge in [0.05, 0.1) is 11.7 Å². The quantitative estimate of drug-likeness (QED) is 0.911. The molecule has 1 aromatic heterocycles. The smallest absolute Gasteiger partial charge is 0.223 e. The maximum atomic E-state index is 12.4. The number of aromatic nitrogens is 2. The van der Waals surface area contributed by atoms with Crippen LogP contribution in [0.5, 0.6) is 0 Å². The van der Waals surface area contributed by atoms with Crippen LogP contribution in [0.25, 0.3) is 5.69 Å². The summed E-state index contributed by atoms with van der Waals surface area (Å²) in [6.07, 6.45) is 5.51. The molecule has 0 bridgehead atoms. The first-order valence-electron chi connectivity index (χ1n) is 8.27. The normalized spacial score (nSPS) is 22.5. The molecule has 2 aromatic rings. The van der Waals surface area contributed by atoms with Crippen molar-refractivity contribution < 1.29 is 4.79 Å². The van der Waals surface area contributed by atoms with Gasteiger partial charge in [0.15, 0.2) is 0 Å². The predicted octanol–water partition coefficient (Wildman–Crippen LogP) is 2.44. The Balaban J connectivity index is 1.61. The van der Waals surface area contributed by atoms with Gasteiger partial charge in [-0.1, -0.05) is 12.1 Å². The molecule has 1 aromatic carbocycles. The van der Waals surface area contributed by atoms with Crippen LogP contribution in [0.4, 0.5) is 0 Å². The monoisotopic (exact) mass is 312 g/mol. The van der Waals surface area contributed by atoms with Crippen molar-refractivity contribution in [3.05, 3.63) is 48.3 Å². The molecule has 1 fully saturated rings. The molecule has 5 heteroatoms. The molecule has 1 aliphatic rings. The summed E-state index contributed by atoms with van der Waals surface area (Å²) in [7, 11) is 0. The summed E-state index contributed by atoms with van der Waals surface area (Å²) in [6, 6.07) is 10.5. The van der Waals surface area contributed by atoms with Crippen LogP contribution in [-0.2, 0) is 4.79 Å². The molecular weight excluding hydrogens is 288 g/mol. The van der Waals surface area contributed by atoms with E-state index in [0.717, 1.165) is 30.6 Å². The molecule has 122 valence electrons. The second-order valence-corrected chi connectivity index (χ2v) is 6.35. The minimum absolute atomic E-state index is 0.0133. The van der Waals surface area contributed by atoms with E-state index in [9.17, 15) is 4.79 Å². The molecule has 3 rings (SSSR count). The van der Waals surface area contributed by atoms with Gasteiger partial charge in [0.1, 0.15) is 0 Å². The number of hydrogen-bond donors (Lipinski definition) is 2. The van der Waals surface area contributed by atoms with Gasteiger partial charge in [0, 0.05) is 24.4 Å². The Kier molecular flexibility index (Phi) is 4.76. The molecule has 1 saturated heterocycles. The third-order valence-electron chi connectivity index (χ3n) is 4.52. The van der Waals surface area contributed by atoms with E-state index in [1.54, 1.807) is 6.20 Å². The second-order valence-electron chi connectivity index (χ2n) is 6.35. The van der Waals surface area contributed by atoms with Crippen molar-refractivity contribution in [2.75, 3.05) is 6.54 Å². The summed E-state index contributed by atoms with van der Waals surface area (Å²) in [5, 5.41) is 10.8. The second kappa shape index (κ2) is 6.96. The highest BCUT2D eigenvalue weighted by molar-refractivity contribution is 5.79. The molecule has 0 saturated carbocycles. The zero-order valence-electron chi connectivity index (χ0n) is 13.7. The van der Waals surface area contributed by atoms with Gasteiger partial charge in [-0.25, -0.2) is 4.68 Å². The Morgan fingerprint density at radius 2 is 2.17 bits per heavy atom. The van der Waals surface area contributed by atoms with Crippen molar-refractivity contribution in [3.8, 4) is 5.69 Å². The number of carbonyl (C=O) groups excluding carboxylic acids is 1. The van der Waals surface area contributed by atoms with Gasteiger partial charge in [-0.05, 0) is 57.0 Å². The molecular formula is C18H24N4O. The largest absolute Gasteiger partial charge is 0.349 e. The van der Waals surface area contributed by atoms with Gasteiger partial charge < -0.3 is 10.6 Å². The molecule has 0 radical (unpaired) electrons. The van der Waals surface area contributed by atoms with Crippen molar-refractivity contribution in [1.82, 2.24) is 20.4 Å². The first-order chi connectivity index (χ1) is 11.1. The molecule has 1 aliphatic heterocycles. The summed E-state index contributed by atoms with van der Waals surface area (Å²) in [5.41, 5.74) is 2.13. The Morgan fingerprint density at radius 3 is 2.83 bits per heavy atom. The number of carbonyl (C=O) groups is 1. The third kappa shape index (κ3) is 3.79. The zero-order valence-corrected chi connectivity index (χ0v) is 13.7. The SMILES string of the molecule is CC(NC(=O)[C@H]1CCN[C@@H](C)C1)c1ccc(-n2cccn2)cc1. The van der Waals surface area contributed by atoms with E-state index < -0.39 is 0 Å². The van der Waals surface area contributed by atoms with E-state index in [1.165, 1.54) is 0 Å². The number of hydrogen-bond acceptors (Lipinski definition) is 3. The molecule has 2 N–H and O–H groups in total. The van der Waals surface area contributed by atoms with E-state index in [2.05, 4.69) is 22.7 Å². The molecule has 23 heavy (non-hydrogen) atoms. The summed E-state index contributed by atoms with van der Waals surface area (Å²) < 4.78 is 1.82. The van der Waals surface area contributed by atoms with Crippen molar-refractivity contribution in [3.63, 3.8) is 0 Å². The van der Waals surface area contributed by atoms with E-state index in [1.807, 2.05) is 48.1 Å². The number of nitrogens with one attached hydrogen (secondary N) is 2. The topological polar surface area (TPSA) is 59.0 Å². The maximum absolute atomic E-state index is 12.4. The lowest BCUT2D eigenvalue weighted by Crippen LogP contribution is -2.42. The summed E-state index contributed by atoms with van der Waals surface area (Å²) in [5.74, 6) is 0.291. The van der Waals surface area contributed by atoms with E-state index in [0.29, 0.717) is 6.04 Å². The van der Waals surface area contributed by atoms with Crippen LogP contribution in [0.2, 0.25) is 0 Å². The fourth-order valence-electron chi connectivity index (χ4n) is 3.12. The first-order valence-corrected chi connectivity index (χ1v) is 8.27. The minimum atomic E-state index is 0.0133. The lowest BCUT2D eigenvalue weighted by molar-refractivity contribution is -0.126. The van der Waals surface area contributed by atoms with Crippen molar-refractivity contribution in [1.29, 1.82) is 0 Å². The van der Waals surface area contributed by atoms with Crippen molar-refractivity contribution in [2.24, 2.45) is 5.92 Å². The number of rotatable bonds is 4. The average molecular weight is 312 g/mol. The zero-order chi connectivity index (χ0) is 16.2. The summed E-state index contributed by atoms with van der Waals surface area (Å²) in [6.45, 7) is 5.09. The molecule has 1 amide bonds.